The summed E-state index contributed by atoms with van der Waals surface area (Å²) in [5, 5.41) is 1.32. The molecule has 1 aromatic rings. The number of hydroxylamine groups is 2. The topological polar surface area (TPSA) is 53.0 Å². The van der Waals surface area contributed by atoms with Crippen molar-refractivity contribution in [3.63, 3.8) is 0 Å². The molecule has 130 valence electrons. The monoisotopic (exact) mass is 348 g/mol. The van der Waals surface area contributed by atoms with Crippen molar-refractivity contribution in [1.82, 2.24) is 9.96 Å². The normalized spacial score (nSPS) is 22.0. The Balaban J connectivity index is 2.31. The fraction of sp³-hybridized carbons (Fsp3) is 0.600. The van der Waals surface area contributed by atoms with Gasteiger partial charge in [-0.15, -0.1) is 0 Å². The quantitative estimate of drug-likeness (QED) is 0.632. The summed E-state index contributed by atoms with van der Waals surface area (Å²) >= 11 is -2.43. The van der Waals surface area contributed by atoms with Crippen LogP contribution in [0.4, 0.5) is 8.78 Å². The van der Waals surface area contributed by atoms with E-state index in [-0.39, 0.29) is 18.1 Å². The SMILES string of the molecule is CC(C)C(N(C)OS(=O)O)N1CCC[C@@H]1c1cc(F)ccc1F. The first-order valence-corrected chi connectivity index (χ1v) is 8.57. The summed E-state index contributed by atoms with van der Waals surface area (Å²) in [6, 6.07) is 3.16. The van der Waals surface area contributed by atoms with E-state index in [4.69, 9.17) is 8.84 Å². The Morgan fingerprint density at radius 1 is 1.43 bits per heavy atom. The van der Waals surface area contributed by atoms with Gasteiger partial charge in [-0.25, -0.2) is 8.78 Å². The summed E-state index contributed by atoms with van der Waals surface area (Å²) in [6.45, 7) is 4.57. The zero-order valence-electron chi connectivity index (χ0n) is 13.4. The first-order chi connectivity index (χ1) is 10.8. The van der Waals surface area contributed by atoms with Gasteiger partial charge >= 0.3 is 11.4 Å². The van der Waals surface area contributed by atoms with E-state index in [2.05, 4.69) is 0 Å². The van der Waals surface area contributed by atoms with Crippen LogP contribution in [-0.4, -0.2) is 38.5 Å². The van der Waals surface area contributed by atoms with Gasteiger partial charge in [-0.1, -0.05) is 13.8 Å². The molecule has 2 unspecified atom stereocenters. The molecule has 0 aromatic heterocycles. The van der Waals surface area contributed by atoms with Gasteiger partial charge in [0.2, 0.25) is 0 Å². The van der Waals surface area contributed by atoms with Crippen LogP contribution >= 0.6 is 0 Å². The van der Waals surface area contributed by atoms with Crippen molar-refractivity contribution in [3.05, 3.63) is 35.4 Å². The molecular weight excluding hydrogens is 326 g/mol. The Morgan fingerprint density at radius 2 is 2.13 bits per heavy atom. The molecule has 1 fully saturated rings. The second kappa shape index (κ2) is 7.76. The first kappa shape index (κ1) is 18.4. The molecule has 0 spiro atoms. The van der Waals surface area contributed by atoms with Crippen LogP contribution in [0, 0.1) is 17.6 Å². The van der Waals surface area contributed by atoms with E-state index in [1.54, 1.807) is 7.05 Å². The minimum Gasteiger partial charge on any atom is -0.283 e. The Bertz CT molecular complexity index is 574. The van der Waals surface area contributed by atoms with Crippen molar-refractivity contribution in [2.45, 2.75) is 38.9 Å². The van der Waals surface area contributed by atoms with Crippen molar-refractivity contribution in [2.24, 2.45) is 5.92 Å². The summed E-state index contributed by atoms with van der Waals surface area (Å²) in [5.41, 5.74) is 0.312. The van der Waals surface area contributed by atoms with Gasteiger partial charge in [-0.3, -0.25) is 9.45 Å². The Labute approximate surface area is 137 Å². The number of rotatable bonds is 6. The maximum atomic E-state index is 14.1. The van der Waals surface area contributed by atoms with Gasteiger partial charge in [0.15, 0.2) is 0 Å². The second-order valence-electron chi connectivity index (χ2n) is 6.06. The molecule has 0 radical (unpaired) electrons. The van der Waals surface area contributed by atoms with Gasteiger partial charge in [0, 0.05) is 25.2 Å². The lowest BCUT2D eigenvalue weighted by Crippen LogP contribution is -2.49. The molecule has 8 heteroatoms. The molecular formula is C15H22F2N2O3S. The molecule has 0 aliphatic carbocycles. The third-order valence-corrected chi connectivity index (χ3v) is 4.46. The molecule has 1 saturated heterocycles. The highest BCUT2D eigenvalue weighted by Gasteiger charge is 2.37. The third-order valence-electron chi connectivity index (χ3n) is 4.10. The zero-order valence-corrected chi connectivity index (χ0v) is 14.2. The minimum absolute atomic E-state index is 0.0563. The Hall–Kier alpha value is -0.930. The number of likely N-dealkylation sites (tertiary alicyclic amines) is 1. The van der Waals surface area contributed by atoms with E-state index in [0.29, 0.717) is 18.5 Å². The summed E-state index contributed by atoms with van der Waals surface area (Å²) in [7, 11) is 1.57. The summed E-state index contributed by atoms with van der Waals surface area (Å²) in [4.78, 5) is 2.00. The van der Waals surface area contributed by atoms with Gasteiger partial charge in [0.25, 0.3) is 0 Å². The molecule has 1 aromatic carbocycles. The highest BCUT2D eigenvalue weighted by Crippen LogP contribution is 2.37. The molecule has 1 aliphatic heterocycles. The van der Waals surface area contributed by atoms with Crippen molar-refractivity contribution < 1.29 is 21.8 Å². The van der Waals surface area contributed by atoms with Gasteiger partial charge in [0.05, 0.1) is 6.17 Å². The van der Waals surface area contributed by atoms with E-state index in [9.17, 15) is 13.0 Å². The van der Waals surface area contributed by atoms with Gasteiger partial charge in [-0.05, 0) is 37.0 Å². The van der Waals surface area contributed by atoms with E-state index >= 15 is 0 Å². The third kappa shape index (κ3) is 4.33. The van der Waals surface area contributed by atoms with Crippen LogP contribution in [0.1, 0.15) is 38.3 Å². The smallest absolute Gasteiger partial charge is 0.283 e. The Kier molecular flexibility index (Phi) is 6.21. The maximum Gasteiger partial charge on any atom is 0.319 e. The van der Waals surface area contributed by atoms with Crippen LogP contribution in [0.3, 0.4) is 0 Å². The lowest BCUT2D eigenvalue weighted by molar-refractivity contribution is -0.142. The number of halogens is 2. The van der Waals surface area contributed by atoms with Crippen molar-refractivity contribution >= 4 is 11.4 Å². The average Bonchev–Trinajstić information content (AvgIpc) is 2.89. The first-order valence-electron chi connectivity index (χ1n) is 7.54. The van der Waals surface area contributed by atoms with Gasteiger partial charge in [-0.2, -0.15) is 13.6 Å². The zero-order chi connectivity index (χ0) is 17.1. The molecule has 23 heavy (non-hydrogen) atoms. The number of hydrogen-bond acceptors (Lipinski definition) is 4. The predicted molar refractivity (Wildman–Crippen MR) is 83.3 cm³/mol. The fourth-order valence-corrected chi connectivity index (χ4v) is 3.66. The van der Waals surface area contributed by atoms with Crippen molar-refractivity contribution in [1.29, 1.82) is 0 Å². The molecule has 1 N–H and O–H groups in total. The molecule has 1 aliphatic rings. The average molecular weight is 348 g/mol. The van der Waals surface area contributed by atoms with Gasteiger partial charge < -0.3 is 0 Å². The van der Waals surface area contributed by atoms with Crippen LogP contribution in [-0.2, 0) is 15.6 Å². The number of hydrogen-bond donors (Lipinski definition) is 1. The van der Waals surface area contributed by atoms with Crippen LogP contribution in [0.25, 0.3) is 0 Å². The molecule has 1 heterocycles. The highest BCUT2D eigenvalue weighted by molar-refractivity contribution is 7.74. The van der Waals surface area contributed by atoms with E-state index < -0.39 is 23.0 Å². The van der Waals surface area contributed by atoms with Gasteiger partial charge in [0.1, 0.15) is 11.6 Å². The highest BCUT2D eigenvalue weighted by atomic mass is 32.2. The molecule has 0 bridgehead atoms. The van der Waals surface area contributed by atoms with Crippen molar-refractivity contribution in [2.75, 3.05) is 13.6 Å². The van der Waals surface area contributed by atoms with Crippen LogP contribution in [0.5, 0.6) is 0 Å². The lowest BCUT2D eigenvalue weighted by atomic mass is 10.0. The maximum absolute atomic E-state index is 14.1. The minimum atomic E-state index is -2.43. The van der Waals surface area contributed by atoms with Crippen LogP contribution < -0.4 is 0 Å². The van der Waals surface area contributed by atoms with E-state index in [1.807, 2.05) is 18.7 Å². The molecule has 0 saturated carbocycles. The van der Waals surface area contributed by atoms with Crippen molar-refractivity contribution in [3.8, 4) is 0 Å². The lowest BCUT2D eigenvalue weighted by Gasteiger charge is -2.39. The molecule has 5 nitrogen and oxygen atoms in total. The number of benzene rings is 1. The Morgan fingerprint density at radius 3 is 2.74 bits per heavy atom. The summed E-state index contributed by atoms with van der Waals surface area (Å²) in [5.74, 6) is -0.865. The molecule has 2 rings (SSSR count). The van der Waals surface area contributed by atoms with Crippen LogP contribution in [0.2, 0.25) is 0 Å². The summed E-state index contributed by atoms with van der Waals surface area (Å²) in [6.07, 6.45) is 1.20. The summed E-state index contributed by atoms with van der Waals surface area (Å²) < 4.78 is 52.4. The van der Waals surface area contributed by atoms with Crippen LogP contribution in [0.15, 0.2) is 18.2 Å². The largest absolute Gasteiger partial charge is 0.319 e. The molecule has 0 amide bonds. The predicted octanol–water partition coefficient (Wildman–Crippen LogP) is 3.08. The fourth-order valence-electron chi connectivity index (χ4n) is 3.37. The number of nitrogens with zero attached hydrogens (tertiary/aromatic N) is 2. The van der Waals surface area contributed by atoms with E-state index in [0.717, 1.165) is 18.6 Å². The van der Waals surface area contributed by atoms with E-state index in [1.165, 1.54) is 11.1 Å². The standard InChI is InChI=1S/C15H22F2N2O3S/c1-10(2)15(18(3)22-23(20)21)19-8-4-5-14(19)12-9-11(16)6-7-13(12)17/h6-7,9-10,14-15H,4-5,8H2,1-3H3,(H,20,21)/t14-,15?/m1/s1. The second-order valence-corrected chi connectivity index (χ2v) is 6.64. The molecule has 3 atom stereocenters.